The second-order valence-electron chi connectivity index (χ2n) is 6.14. The van der Waals surface area contributed by atoms with Crippen molar-refractivity contribution in [3.8, 4) is 11.3 Å². The lowest BCUT2D eigenvalue weighted by Gasteiger charge is -2.08. The number of anilines is 1. The fourth-order valence-corrected chi connectivity index (χ4v) is 2.94. The topological polar surface area (TPSA) is 46.4 Å². The molecule has 134 valence electrons. The van der Waals surface area contributed by atoms with E-state index >= 15 is 0 Å². The summed E-state index contributed by atoms with van der Waals surface area (Å²) in [6.07, 6.45) is 1.79. The van der Waals surface area contributed by atoms with Crippen molar-refractivity contribution in [2.24, 2.45) is 0 Å². The molecule has 6 heteroatoms. The summed E-state index contributed by atoms with van der Waals surface area (Å²) in [6, 6.07) is 16.3. The highest BCUT2D eigenvalue weighted by Crippen LogP contribution is 2.30. The molecule has 2 aromatic carbocycles. The summed E-state index contributed by atoms with van der Waals surface area (Å²) in [6.45, 7) is 1.93. The van der Waals surface area contributed by atoms with Crippen LogP contribution in [0.3, 0.4) is 0 Å². The van der Waals surface area contributed by atoms with Crippen molar-refractivity contribution in [1.29, 1.82) is 0 Å². The Hall–Kier alpha value is -3.54. The Kier molecular flexibility index (Phi) is 4.16. The van der Waals surface area contributed by atoms with Crippen LogP contribution in [0.1, 0.15) is 15.9 Å². The summed E-state index contributed by atoms with van der Waals surface area (Å²) in [5, 5.41) is 2.79. The van der Waals surface area contributed by atoms with Crippen LogP contribution in [0.25, 0.3) is 16.9 Å². The molecule has 0 bridgehead atoms. The highest BCUT2D eigenvalue weighted by Gasteiger charge is 2.18. The quantitative estimate of drug-likeness (QED) is 0.566. The van der Waals surface area contributed by atoms with E-state index in [4.69, 9.17) is 0 Å². The number of rotatable bonds is 3. The zero-order chi connectivity index (χ0) is 19.0. The monoisotopic (exact) mass is 363 g/mol. The maximum atomic E-state index is 13.5. The Labute approximate surface area is 154 Å². The van der Waals surface area contributed by atoms with Gasteiger partial charge in [0, 0.05) is 17.3 Å². The minimum atomic E-state index is -1.07. The molecule has 0 spiro atoms. The summed E-state index contributed by atoms with van der Waals surface area (Å²) in [5.41, 5.74) is 3.11. The summed E-state index contributed by atoms with van der Waals surface area (Å²) < 4.78 is 28.4. The smallest absolute Gasteiger partial charge is 0.256 e. The molecule has 1 N–H and O–H groups in total. The lowest BCUT2D eigenvalue weighted by Crippen LogP contribution is -2.14. The lowest BCUT2D eigenvalue weighted by molar-refractivity contribution is 0.102. The number of nitrogens with one attached hydrogen (secondary N) is 1. The van der Waals surface area contributed by atoms with Gasteiger partial charge in [0.15, 0.2) is 11.6 Å². The Morgan fingerprint density at radius 2 is 1.78 bits per heavy atom. The van der Waals surface area contributed by atoms with Crippen LogP contribution in [0, 0.1) is 18.6 Å². The van der Waals surface area contributed by atoms with Crippen LogP contribution in [-0.2, 0) is 0 Å². The highest BCUT2D eigenvalue weighted by atomic mass is 19.2. The number of carbonyl (C=O) groups excluding carboxylic acids is 1. The number of fused-ring (bicyclic) bond motifs is 1. The largest absolute Gasteiger partial charge is 0.306 e. The van der Waals surface area contributed by atoms with E-state index in [1.165, 1.54) is 6.07 Å². The third-order valence-corrected chi connectivity index (χ3v) is 4.31. The average molecular weight is 363 g/mol. The summed E-state index contributed by atoms with van der Waals surface area (Å²) >= 11 is 0. The number of pyridine rings is 1. The zero-order valence-electron chi connectivity index (χ0n) is 14.4. The number of benzene rings is 2. The van der Waals surface area contributed by atoms with Gasteiger partial charge in [-0.3, -0.25) is 9.20 Å². The van der Waals surface area contributed by atoms with E-state index in [-0.39, 0.29) is 5.56 Å². The van der Waals surface area contributed by atoms with Gasteiger partial charge in [-0.25, -0.2) is 13.8 Å². The fraction of sp³-hybridized carbons (Fsp3) is 0.0476. The normalized spacial score (nSPS) is 10.9. The van der Waals surface area contributed by atoms with Gasteiger partial charge in [0.25, 0.3) is 5.91 Å². The first-order chi connectivity index (χ1) is 13.0. The Morgan fingerprint density at radius 1 is 1.00 bits per heavy atom. The van der Waals surface area contributed by atoms with Crippen LogP contribution in [0.2, 0.25) is 0 Å². The molecule has 0 saturated carbocycles. The van der Waals surface area contributed by atoms with Crippen LogP contribution in [0.4, 0.5) is 14.6 Å². The predicted molar refractivity (Wildman–Crippen MR) is 99.7 cm³/mol. The number of amides is 1. The molecular formula is C21H15F2N3O. The van der Waals surface area contributed by atoms with E-state index < -0.39 is 17.5 Å². The molecule has 27 heavy (non-hydrogen) atoms. The minimum Gasteiger partial charge on any atom is -0.306 e. The van der Waals surface area contributed by atoms with Crippen molar-refractivity contribution in [2.45, 2.75) is 6.92 Å². The van der Waals surface area contributed by atoms with Gasteiger partial charge in [0.2, 0.25) is 0 Å². The average Bonchev–Trinajstić information content (AvgIpc) is 3.04. The molecule has 1 amide bonds. The maximum absolute atomic E-state index is 13.5. The van der Waals surface area contributed by atoms with Crippen LogP contribution in [0.5, 0.6) is 0 Å². The summed E-state index contributed by atoms with van der Waals surface area (Å²) in [4.78, 5) is 17.3. The van der Waals surface area contributed by atoms with Gasteiger partial charge in [-0.2, -0.15) is 0 Å². The second-order valence-corrected chi connectivity index (χ2v) is 6.14. The molecule has 4 nitrogen and oxygen atoms in total. The Morgan fingerprint density at radius 3 is 2.52 bits per heavy atom. The van der Waals surface area contributed by atoms with E-state index in [0.29, 0.717) is 17.2 Å². The number of halogens is 2. The van der Waals surface area contributed by atoms with Crippen LogP contribution in [-0.4, -0.2) is 15.3 Å². The van der Waals surface area contributed by atoms with Crippen LogP contribution < -0.4 is 5.32 Å². The number of aromatic nitrogens is 2. The van der Waals surface area contributed by atoms with Gasteiger partial charge < -0.3 is 5.32 Å². The number of hydrogen-bond donors (Lipinski definition) is 1. The van der Waals surface area contributed by atoms with Gasteiger partial charge in [0.1, 0.15) is 17.2 Å². The molecule has 0 aliphatic rings. The lowest BCUT2D eigenvalue weighted by atomic mass is 10.1. The second kappa shape index (κ2) is 6.64. The van der Waals surface area contributed by atoms with E-state index in [1.54, 1.807) is 10.6 Å². The predicted octanol–water partition coefficient (Wildman–Crippen LogP) is 4.84. The molecule has 2 heterocycles. The SMILES string of the molecule is Cc1cccn2c(NC(=O)c3ccc(F)c(F)c3)c(-c3ccccc3)nc12. The van der Waals surface area contributed by atoms with Crippen molar-refractivity contribution >= 4 is 17.4 Å². The van der Waals surface area contributed by atoms with E-state index in [0.717, 1.165) is 23.3 Å². The van der Waals surface area contributed by atoms with Crippen LogP contribution >= 0.6 is 0 Å². The van der Waals surface area contributed by atoms with E-state index in [1.807, 2.05) is 49.4 Å². The van der Waals surface area contributed by atoms with Gasteiger partial charge in [-0.1, -0.05) is 36.4 Å². The van der Waals surface area contributed by atoms with Gasteiger partial charge in [0.05, 0.1) is 0 Å². The molecule has 4 aromatic rings. The third-order valence-electron chi connectivity index (χ3n) is 4.31. The van der Waals surface area contributed by atoms with E-state index in [2.05, 4.69) is 10.3 Å². The highest BCUT2D eigenvalue weighted by molar-refractivity contribution is 6.05. The van der Waals surface area contributed by atoms with Crippen molar-refractivity contribution in [3.63, 3.8) is 0 Å². The first-order valence-corrected chi connectivity index (χ1v) is 8.34. The fourth-order valence-electron chi connectivity index (χ4n) is 2.94. The molecule has 0 radical (unpaired) electrons. The Bertz CT molecular complexity index is 1150. The molecule has 4 rings (SSSR count). The number of aryl methyl sites for hydroxylation is 1. The van der Waals surface area contributed by atoms with Crippen molar-refractivity contribution in [2.75, 3.05) is 5.32 Å². The molecule has 0 fully saturated rings. The third kappa shape index (κ3) is 3.06. The minimum absolute atomic E-state index is 0.0236. The maximum Gasteiger partial charge on any atom is 0.256 e. The molecular weight excluding hydrogens is 348 g/mol. The molecule has 0 atom stereocenters. The van der Waals surface area contributed by atoms with Gasteiger partial charge in [-0.15, -0.1) is 0 Å². The first-order valence-electron chi connectivity index (χ1n) is 8.34. The first kappa shape index (κ1) is 16.9. The number of nitrogens with zero attached hydrogens (tertiary/aromatic N) is 2. The molecule has 0 aliphatic carbocycles. The van der Waals surface area contributed by atoms with Crippen molar-refractivity contribution in [1.82, 2.24) is 9.38 Å². The number of carbonyl (C=O) groups is 1. The number of hydrogen-bond acceptors (Lipinski definition) is 2. The van der Waals surface area contributed by atoms with Crippen molar-refractivity contribution < 1.29 is 13.6 Å². The molecule has 0 aliphatic heterocycles. The Balaban J connectivity index is 1.83. The van der Waals surface area contributed by atoms with Gasteiger partial charge >= 0.3 is 0 Å². The van der Waals surface area contributed by atoms with Crippen molar-refractivity contribution in [3.05, 3.63) is 89.6 Å². The summed E-state index contributed by atoms with van der Waals surface area (Å²) in [7, 11) is 0. The zero-order valence-corrected chi connectivity index (χ0v) is 14.4. The molecule has 0 unspecified atom stereocenters. The van der Waals surface area contributed by atoms with Gasteiger partial charge in [-0.05, 0) is 36.8 Å². The summed E-state index contributed by atoms with van der Waals surface area (Å²) in [5.74, 6) is -2.15. The molecule has 0 saturated heterocycles. The standard InChI is InChI=1S/C21H15F2N3O/c1-13-6-5-11-26-19(13)24-18(14-7-3-2-4-8-14)20(26)25-21(27)15-9-10-16(22)17(23)12-15/h2-12H,1H3,(H,25,27). The van der Waals surface area contributed by atoms with Crippen LogP contribution in [0.15, 0.2) is 66.9 Å². The molecule has 2 aromatic heterocycles. The number of imidazole rings is 1. The van der Waals surface area contributed by atoms with E-state index in [9.17, 15) is 13.6 Å².